The fourth-order valence-corrected chi connectivity index (χ4v) is 3.05. The first-order chi connectivity index (χ1) is 12.3. The van der Waals surface area contributed by atoms with E-state index in [9.17, 15) is 5.26 Å². The van der Waals surface area contributed by atoms with Crippen molar-refractivity contribution in [2.45, 2.75) is 59.8 Å². The van der Waals surface area contributed by atoms with Crippen LogP contribution in [-0.4, -0.2) is 6.61 Å². The first-order valence-electron chi connectivity index (χ1n) is 9.60. The van der Waals surface area contributed by atoms with Crippen LogP contribution in [0, 0.1) is 24.2 Å². The summed E-state index contributed by atoms with van der Waals surface area (Å²) in [7, 11) is 0. The molecule has 0 aliphatic carbocycles. The zero-order valence-corrected chi connectivity index (χ0v) is 17.0. The van der Waals surface area contributed by atoms with E-state index in [1.54, 1.807) is 0 Å². The van der Waals surface area contributed by atoms with Crippen LogP contribution in [0.5, 0.6) is 5.75 Å². The molecule has 2 nitrogen and oxygen atoms in total. The largest absolute Gasteiger partial charge is 0.492 e. The average molecular weight is 350 g/mol. The average Bonchev–Trinajstić information content (AvgIpc) is 2.65. The lowest BCUT2D eigenvalue weighted by atomic mass is 9.76. The van der Waals surface area contributed by atoms with Gasteiger partial charge in [0.05, 0.1) is 12.2 Å². The lowest BCUT2D eigenvalue weighted by molar-refractivity contribution is 0.254. The van der Waals surface area contributed by atoms with Crippen LogP contribution in [0.15, 0.2) is 36.4 Å². The zero-order valence-electron chi connectivity index (χ0n) is 17.0. The van der Waals surface area contributed by atoms with Gasteiger partial charge in [-0.05, 0) is 42.0 Å². The molecule has 0 radical (unpaired) electrons. The molecule has 1 atom stereocenters. The minimum Gasteiger partial charge on any atom is -0.492 e. The van der Waals surface area contributed by atoms with Gasteiger partial charge in [0.2, 0.25) is 0 Å². The van der Waals surface area contributed by atoms with Crippen molar-refractivity contribution in [3.63, 3.8) is 0 Å². The normalized spacial score (nSPS) is 12.5. The fourth-order valence-electron chi connectivity index (χ4n) is 3.05. The number of nitriles is 1. The minimum atomic E-state index is -0.168. The van der Waals surface area contributed by atoms with Crippen LogP contribution in [-0.2, 0) is 11.8 Å². The van der Waals surface area contributed by atoms with E-state index in [1.807, 2.05) is 6.07 Å². The summed E-state index contributed by atoms with van der Waals surface area (Å²) in [6.45, 7) is 13.6. The maximum Gasteiger partial charge on any atom is 0.140 e. The van der Waals surface area contributed by atoms with Crippen LogP contribution in [0.25, 0.3) is 0 Å². The minimum absolute atomic E-state index is 0.168. The maximum absolute atomic E-state index is 9.73. The van der Waals surface area contributed by atoms with Gasteiger partial charge in [-0.2, -0.15) is 5.26 Å². The zero-order chi connectivity index (χ0) is 19.3. The molecular weight excluding hydrogens is 318 g/mol. The van der Waals surface area contributed by atoms with Crippen molar-refractivity contribution in [1.29, 1.82) is 5.26 Å². The van der Waals surface area contributed by atoms with Crippen molar-refractivity contribution < 1.29 is 4.74 Å². The van der Waals surface area contributed by atoms with Crippen molar-refractivity contribution in [3.05, 3.63) is 64.2 Å². The van der Waals surface area contributed by atoms with Gasteiger partial charge in [-0.25, -0.2) is 0 Å². The van der Waals surface area contributed by atoms with Crippen molar-refractivity contribution >= 4 is 0 Å². The Morgan fingerprint density at radius 3 is 2.27 bits per heavy atom. The highest BCUT2D eigenvalue weighted by molar-refractivity contribution is 5.54. The summed E-state index contributed by atoms with van der Waals surface area (Å²) >= 11 is 0. The Balaban J connectivity index is 2.47. The molecule has 1 unspecified atom stereocenters. The second-order valence-corrected chi connectivity index (χ2v) is 7.79. The van der Waals surface area contributed by atoms with Gasteiger partial charge in [0.1, 0.15) is 11.8 Å². The summed E-state index contributed by atoms with van der Waals surface area (Å²) in [5.74, 6) is 1.24. The molecule has 0 saturated carbocycles. The quantitative estimate of drug-likeness (QED) is 0.598. The van der Waals surface area contributed by atoms with E-state index in [2.05, 4.69) is 77.9 Å². The summed E-state index contributed by atoms with van der Waals surface area (Å²) in [6, 6.07) is 15.2. The van der Waals surface area contributed by atoms with Gasteiger partial charge in [-0.15, -0.1) is 0 Å². The van der Waals surface area contributed by atoms with Crippen molar-refractivity contribution in [2.75, 3.05) is 6.61 Å². The SMILES string of the molecule is CCc1cc(C(C)(C)c2ccc(C)cc2)cc(C#N)c1OCC(C)CC. The molecule has 0 bridgehead atoms. The van der Waals surface area contributed by atoms with Crippen LogP contribution in [0.1, 0.15) is 68.9 Å². The van der Waals surface area contributed by atoms with E-state index in [-0.39, 0.29) is 5.41 Å². The van der Waals surface area contributed by atoms with Crippen molar-refractivity contribution in [2.24, 2.45) is 5.92 Å². The molecule has 0 spiro atoms. The van der Waals surface area contributed by atoms with E-state index in [0.29, 0.717) is 18.1 Å². The molecule has 0 amide bonds. The van der Waals surface area contributed by atoms with E-state index < -0.39 is 0 Å². The Morgan fingerprint density at radius 2 is 1.73 bits per heavy atom. The highest BCUT2D eigenvalue weighted by Gasteiger charge is 2.26. The standard InChI is InChI=1S/C24H31NO/c1-7-17(3)16-26-23-19(8-2)13-22(14-20(23)15-25)24(5,6)21-11-9-18(4)10-12-21/h9-14,17H,7-8,16H2,1-6H3. The van der Waals surface area contributed by atoms with E-state index in [0.717, 1.165) is 29.7 Å². The first kappa shape index (κ1) is 20.0. The number of ether oxygens (including phenoxy) is 1. The second kappa shape index (κ2) is 8.41. The smallest absolute Gasteiger partial charge is 0.140 e. The second-order valence-electron chi connectivity index (χ2n) is 7.79. The predicted molar refractivity (Wildman–Crippen MR) is 109 cm³/mol. The number of rotatable bonds is 7. The highest BCUT2D eigenvalue weighted by Crippen LogP contribution is 2.36. The summed E-state index contributed by atoms with van der Waals surface area (Å²) in [5, 5.41) is 9.73. The summed E-state index contributed by atoms with van der Waals surface area (Å²) in [6.07, 6.45) is 1.92. The molecule has 0 fully saturated rings. The first-order valence-corrected chi connectivity index (χ1v) is 9.60. The third-order valence-corrected chi connectivity index (χ3v) is 5.37. The van der Waals surface area contributed by atoms with Gasteiger partial charge < -0.3 is 4.74 Å². The third kappa shape index (κ3) is 4.28. The molecule has 138 valence electrons. The van der Waals surface area contributed by atoms with Gasteiger partial charge in [-0.1, -0.05) is 76.9 Å². The number of benzene rings is 2. The summed E-state index contributed by atoms with van der Waals surface area (Å²) in [5.41, 5.74) is 5.25. The molecule has 0 aliphatic heterocycles. The van der Waals surface area contributed by atoms with Crippen LogP contribution in [0.4, 0.5) is 0 Å². The molecule has 2 aromatic rings. The van der Waals surface area contributed by atoms with Gasteiger partial charge in [0.15, 0.2) is 0 Å². The van der Waals surface area contributed by atoms with Crippen molar-refractivity contribution in [3.8, 4) is 11.8 Å². The van der Waals surface area contributed by atoms with Crippen LogP contribution < -0.4 is 4.74 Å². The number of hydrogen-bond acceptors (Lipinski definition) is 2. The molecule has 2 heteroatoms. The van der Waals surface area contributed by atoms with Crippen molar-refractivity contribution in [1.82, 2.24) is 0 Å². The van der Waals surface area contributed by atoms with Gasteiger partial charge in [-0.3, -0.25) is 0 Å². The molecule has 2 aromatic carbocycles. The van der Waals surface area contributed by atoms with E-state index in [4.69, 9.17) is 4.74 Å². The van der Waals surface area contributed by atoms with Gasteiger partial charge in [0.25, 0.3) is 0 Å². The molecule has 0 heterocycles. The molecular formula is C24H31NO. The van der Waals surface area contributed by atoms with Gasteiger partial charge in [0, 0.05) is 5.41 Å². The Bertz CT molecular complexity index is 781. The van der Waals surface area contributed by atoms with E-state index in [1.165, 1.54) is 11.1 Å². The molecule has 26 heavy (non-hydrogen) atoms. The molecule has 0 aliphatic rings. The molecule has 0 saturated heterocycles. The fraction of sp³-hybridized carbons (Fsp3) is 0.458. The number of aryl methyl sites for hydroxylation is 2. The predicted octanol–water partition coefficient (Wildman–Crippen LogP) is 6.18. The summed E-state index contributed by atoms with van der Waals surface area (Å²) < 4.78 is 6.07. The lowest BCUT2D eigenvalue weighted by Gasteiger charge is -2.28. The lowest BCUT2D eigenvalue weighted by Crippen LogP contribution is -2.20. The Labute approximate surface area is 158 Å². The van der Waals surface area contributed by atoms with Gasteiger partial charge >= 0.3 is 0 Å². The molecule has 2 rings (SSSR count). The number of nitrogens with zero attached hydrogens (tertiary/aromatic N) is 1. The molecule has 0 aromatic heterocycles. The highest BCUT2D eigenvalue weighted by atomic mass is 16.5. The van der Waals surface area contributed by atoms with E-state index >= 15 is 0 Å². The van der Waals surface area contributed by atoms with Crippen LogP contribution in [0.2, 0.25) is 0 Å². The Kier molecular flexibility index (Phi) is 6.48. The maximum atomic E-state index is 9.73. The Morgan fingerprint density at radius 1 is 1.08 bits per heavy atom. The Hall–Kier alpha value is -2.27. The number of hydrogen-bond donors (Lipinski definition) is 0. The van der Waals surface area contributed by atoms with Crippen LogP contribution in [0.3, 0.4) is 0 Å². The topological polar surface area (TPSA) is 33.0 Å². The summed E-state index contributed by atoms with van der Waals surface area (Å²) in [4.78, 5) is 0. The third-order valence-electron chi connectivity index (χ3n) is 5.37. The molecule has 0 N–H and O–H groups in total. The van der Waals surface area contributed by atoms with Crippen LogP contribution >= 0.6 is 0 Å². The monoisotopic (exact) mass is 349 g/mol.